The number of amides is 2. The van der Waals surface area contributed by atoms with Gasteiger partial charge in [-0.2, -0.15) is 5.10 Å². The van der Waals surface area contributed by atoms with Gasteiger partial charge in [0.05, 0.1) is 12.1 Å². The van der Waals surface area contributed by atoms with Crippen LogP contribution in [-0.4, -0.2) is 33.2 Å². The van der Waals surface area contributed by atoms with Gasteiger partial charge in [0.15, 0.2) is 5.82 Å². The fourth-order valence-corrected chi connectivity index (χ4v) is 4.94. The second-order valence-electron chi connectivity index (χ2n) is 9.34. The Labute approximate surface area is 176 Å². The molecule has 2 saturated carbocycles. The Balaban J connectivity index is 1.36. The quantitative estimate of drug-likeness (QED) is 0.613. The van der Waals surface area contributed by atoms with E-state index in [4.69, 9.17) is 4.52 Å². The Bertz CT molecular complexity index is 914. The van der Waals surface area contributed by atoms with E-state index in [0.717, 1.165) is 30.7 Å². The van der Waals surface area contributed by atoms with E-state index in [-0.39, 0.29) is 29.7 Å². The van der Waals surface area contributed by atoms with Crippen molar-refractivity contribution in [1.82, 2.24) is 20.7 Å². The first-order valence-electron chi connectivity index (χ1n) is 10.9. The normalized spacial score (nSPS) is 23.7. The first-order chi connectivity index (χ1) is 14.3. The number of rotatable bonds is 8. The van der Waals surface area contributed by atoms with Crippen molar-refractivity contribution in [2.75, 3.05) is 5.32 Å². The Morgan fingerprint density at radius 3 is 2.73 bits per heavy atom. The molecule has 0 saturated heterocycles. The zero-order valence-corrected chi connectivity index (χ0v) is 18.0. The zero-order chi connectivity index (χ0) is 21.3. The standard InChI is InChI=1S/C22H31N5O3/c1-13(2)23-21(29)12-22(16-4-5-16)7-6-15(11-22)18-10-19(26-25-18)24-20(28)9-17-8-14(3)27-30-17/h8,10,13,15-16H,4-7,9,11-12H2,1-3H3,(H,23,29)(H2,24,25,26,28)/t15-,22-/m1/s1. The molecule has 0 aromatic carbocycles. The van der Waals surface area contributed by atoms with Gasteiger partial charge in [0.25, 0.3) is 0 Å². The summed E-state index contributed by atoms with van der Waals surface area (Å²) in [6.45, 7) is 5.83. The van der Waals surface area contributed by atoms with E-state index >= 15 is 0 Å². The molecule has 0 spiro atoms. The van der Waals surface area contributed by atoms with Gasteiger partial charge in [-0.05, 0) is 64.2 Å². The number of nitrogens with one attached hydrogen (secondary N) is 3. The average molecular weight is 414 g/mol. The van der Waals surface area contributed by atoms with E-state index in [2.05, 4.69) is 26.0 Å². The van der Waals surface area contributed by atoms with Crippen LogP contribution in [0.15, 0.2) is 16.7 Å². The molecule has 2 amide bonds. The largest absolute Gasteiger partial charge is 0.361 e. The van der Waals surface area contributed by atoms with Crippen LogP contribution in [0.5, 0.6) is 0 Å². The second kappa shape index (κ2) is 8.24. The lowest BCUT2D eigenvalue weighted by Gasteiger charge is -2.29. The topological polar surface area (TPSA) is 113 Å². The van der Waals surface area contributed by atoms with Crippen molar-refractivity contribution in [3.63, 3.8) is 0 Å². The summed E-state index contributed by atoms with van der Waals surface area (Å²) in [5.41, 5.74) is 1.89. The van der Waals surface area contributed by atoms with Crippen molar-refractivity contribution >= 4 is 17.6 Å². The first kappa shape index (κ1) is 20.6. The van der Waals surface area contributed by atoms with Crippen LogP contribution in [0.2, 0.25) is 0 Å². The van der Waals surface area contributed by atoms with E-state index in [1.54, 1.807) is 6.07 Å². The molecule has 8 nitrogen and oxygen atoms in total. The second-order valence-corrected chi connectivity index (χ2v) is 9.34. The lowest BCUT2D eigenvalue weighted by molar-refractivity contribution is -0.124. The molecule has 2 aliphatic carbocycles. The third-order valence-corrected chi connectivity index (χ3v) is 6.37. The van der Waals surface area contributed by atoms with Crippen molar-refractivity contribution in [2.24, 2.45) is 11.3 Å². The number of carbonyl (C=O) groups is 2. The third kappa shape index (κ3) is 4.74. The molecule has 4 rings (SSSR count). The summed E-state index contributed by atoms with van der Waals surface area (Å²) in [5, 5.41) is 17.1. The van der Waals surface area contributed by atoms with E-state index in [0.29, 0.717) is 29.8 Å². The molecule has 0 bridgehead atoms. The number of hydrogen-bond acceptors (Lipinski definition) is 5. The van der Waals surface area contributed by atoms with Gasteiger partial charge in [-0.3, -0.25) is 14.7 Å². The van der Waals surface area contributed by atoms with E-state index in [1.807, 2.05) is 26.8 Å². The van der Waals surface area contributed by atoms with Crippen LogP contribution in [0.4, 0.5) is 5.82 Å². The predicted molar refractivity (Wildman–Crippen MR) is 112 cm³/mol. The molecule has 2 fully saturated rings. The molecule has 2 atom stereocenters. The number of aryl methyl sites for hydroxylation is 1. The highest BCUT2D eigenvalue weighted by atomic mass is 16.5. The summed E-state index contributed by atoms with van der Waals surface area (Å²) in [6.07, 6.45) is 6.30. The van der Waals surface area contributed by atoms with Crippen LogP contribution in [-0.2, 0) is 16.0 Å². The highest BCUT2D eigenvalue weighted by molar-refractivity contribution is 5.91. The molecule has 0 radical (unpaired) electrons. The van der Waals surface area contributed by atoms with Gasteiger partial charge in [0.1, 0.15) is 5.76 Å². The third-order valence-electron chi connectivity index (χ3n) is 6.37. The number of H-pyrrole nitrogens is 1. The van der Waals surface area contributed by atoms with Crippen LogP contribution in [0.25, 0.3) is 0 Å². The zero-order valence-electron chi connectivity index (χ0n) is 18.0. The lowest BCUT2D eigenvalue weighted by Crippen LogP contribution is -2.35. The van der Waals surface area contributed by atoms with Crippen molar-refractivity contribution in [1.29, 1.82) is 0 Å². The molecule has 2 aromatic rings. The van der Waals surface area contributed by atoms with E-state index < -0.39 is 0 Å². The van der Waals surface area contributed by atoms with Crippen LogP contribution in [0, 0.1) is 18.3 Å². The molecule has 162 valence electrons. The minimum atomic E-state index is -0.187. The summed E-state index contributed by atoms with van der Waals surface area (Å²) in [4.78, 5) is 24.7. The van der Waals surface area contributed by atoms with Gasteiger partial charge in [-0.25, -0.2) is 0 Å². The lowest BCUT2D eigenvalue weighted by atomic mass is 9.76. The summed E-state index contributed by atoms with van der Waals surface area (Å²) in [5.74, 6) is 2.03. The maximum absolute atomic E-state index is 12.5. The van der Waals surface area contributed by atoms with Crippen LogP contribution in [0.3, 0.4) is 0 Å². The summed E-state index contributed by atoms with van der Waals surface area (Å²) in [6, 6.07) is 3.84. The van der Waals surface area contributed by atoms with Gasteiger partial charge < -0.3 is 15.2 Å². The first-order valence-corrected chi connectivity index (χ1v) is 10.9. The summed E-state index contributed by atoms with van der Waals surface area (Å²) in [7, 11) is 0. The molecule has 2 heterocycles. The molecule has 2 aromatic heterocycles. The fourth-order valence-electron chi connectivity index (χ4n) is 4.94. The average Bonchev–Trinajstić information content (AvgIpc) is 3.07. The van der Waals surface area contributed by atoms with Crippen LogP contribution in [0.1, 0.15) is 75.4 Å². The van der Waals surface area contributed by atoms with Gasteiger partial charge in [-0.1, -0.05) is 5.16 Å². The summed E-state index contributed by atoms with van der Waals surface area (Å²) >= 11 is 0. The van der Waals surface area contributed by atoms with Gasteiger partial charge in [-0.15, -0.1) is 0 Å². The highest BCUT2D eigenvalue weighted by Gasteiger charge is 2.51. The van der Waals surface area contributed by atoms with Gasteiger partial charge in [0.2, 0.25) is 11.8 Å². The summed E-state index contributed by atoms with van der Waals surface area (Å²) < 4.78 is 5.09. The van der Waals surface area contributed by atoms with Crippen molar-refractivity contribution in [3.8, 4) is 0 Å². The molecular formula is C22H31N5O3. The van der Waals surface area contributed by atoms with E-state index in [1.165, 1.54) is 12.8 Å². The van der Waals surface area contributed by atoms with Crippen molar-refractivity contribution < 1.29 is 14.1 Å². The molecule has 2 aliphatic rings. The monoisotopic (exact) mass is 413 g/mol. The van der Waals surface area contributed by atoms with Crippen LogP contribution < -0.4 is 10.6 Å². The van der Waals surface area contributed by atoms with Gasteiger partial charge >= 0.3 is 0 Å². The maximum atomic E-state index is 12.5. The van der Waals surface area contributed by atoms with Crippen LogP contribution >= 0.6 is 0 Å². The number of anilines is 1. The Hall–Kier alpha value is -2.64. The highest BCUT2D eigenvalue weighted by Crippen LogP contribution is 2.60. The molecule has 0 unspecified atom stereocenters. The number of aromatic nitrogens is 3. The Morgan fingerprint density at radius 2 is 2.07 bits per heavy atom. The SMILES string of the molecule is Cc1cc(CC(=O)Nc2cc([C@@H]3CC[C@@](CC(=O)NC(C)C)(C4CC4)C3)[nH]n2)on1. The number of aromatic amines is 1. The predicted octanol–water partition coefficient (Wildman–Crippen LogP) is 3.47. The fraction of sp³-hybridized carbons (Fsp3) is 0.636. The number of nitrogens with zero attached hydrogens (tertiary/aromatic N) is 2. The number of carbonyl (C=O) groups excluding carboxylic acids is 2. The van der Waals surface area contributed by atoms with Crippen molar-refractivity contribution in [2.45, 2.75) is 77.7 Å². The minimum Gasteiger partial charge on any atom is -0.361 e. The number of hydrogen-bond donors (Lipinski definition) is 3. The molecule has 0 aliphatic heterocycles. The smallest absolute Gasteiger partial charge is 0.233 e. The molecule has 3 N–H and O–H groups in total. The van der Waals surface area contributed by atoms with Gasteiger partial charge in [0, 0.05) is 36.2 Å². The molecule has 8 heteroatoms. The Kier molecular flexibility index (Phi) is 5.66. The molecular weight excluding hydrogens is 382 g/mol. The van der Waals surface area contributed by atoms with E-state index in [9.17, 15) is 9.59 Å². The minimum absolute atomic E-state index is 0.0995. The molecule has 30 heavy (non-hydrogen) atoms. The van der Waals surface area contributed by atoms with Crippen molar-refractivity contribution in [3.05, 3.63) is 29.3 Å². The Morgan fingerprint density at radius 1 is 1.27 bits per heavy atom. The maximum Gasteiger partial charge on any atom is 0.233 e.